The fourth-order valence-electron chi connectivity index (χ4n) is 2.39. The van der Waals surface area contributed by atoms with Gasteiger partial charge in [-0.15, -0.1) is 23.2 Å². The van der Waals surface area contributed by atoms with Crippen LogP contribution in [0.2, 0.25) is 0 Å². The molecule has 0 saturated carbocycles. The van der Waals surface area contributed by atoms with E-state index in [1.807, 2.05) is 0 Å². The van der Waals surface area contributed by atoms with Crippen molar-refractivity contribution in [3.8, 4) is 0 Å². The number of alkyl halides is 2. The Hall–Kier alpha value is -0.200. The first-order valence-corrected chi connectivity index (χ1v) is 7.26. The molecule has 0 aliphatic rings. The summed E-state index contributed by atoms with van der Waals surface area (Å²) in [4.78, 5) is 0. The third kappa shape index (κ3) is 4.19. The van der Waals surface area contributed by atoms with Gasteiger partial charge in [0.25, 0.3) is 0 Å². The average Bonchev–Trinajstić information content (AvgIpc) is 2.30. The fourth-order valence-corrected chi connectivity index (χ4v) is 3.08. The predicted octanol–water partition coefficient (Wildman–Crippen LogP) is 5.05. The summed E-state index contributed by atoms with van der Waals surface area (Å²) in [7, 11) is 0. The van der Waals surface area contributed by atoms with Gasteiger partial charge in [-0.3, -0.25) is 0 Å². The molecule has 0 nitrogen and oxygen atoms in total. The van der Waals surface area contributed by atoms with Gasteiger partial charge in [0.05, 0.1) is 0 Å². The molecule has 0 heterocycles. The molecule has 1 rings (SSSR count). The van der Waals surface area contributed by atoms with Gasteiger partial charge >= 0.3 is 0 Å². The molecule has 0 saturated heterocycles. The normalized spacial score (nSPS) is 12.1. The van der Waals surface area contributed by atoms with Crippen molar-refractivity contribution in [3.05, 3.63) is 35.4 Å². The molecule has 17 heavy (non-hydrogen) atoms. The zero-order chi connectivity index (χ0) is 12.9. The number of halogens is 2. The van der Waals surface area contributed by atoms with Crippen LogP contribution in [-0.4, -0.2) is 11.8 Å². The molecular formula is C15H22Cl2. The van der Waals surface area contributed by atoms with E-state index in [1.54, 1.807) is 0 Å². The minimum atomic E-state index is 0.0311. The van der Waals surface area contributed by atoms with Crippen LogP contribution in [-0.2, 0) is 6.42 Å². The summed E-state index contributed by atoms with van der Waals surface area (Å²) >= 11 is 12.4. The highest BCUT2D eigenvalue weighted by Crippen LogP contribution is 2.34. The summed E-state index contributed by atoms with van der Waals surface area (Å²) in [6, 6.07) is 8.50. The molecule has 0 spiro atoms. The molecule has 1 aromatic rings. The summed E-state index contributed by atoms with van der Waals surface area (Å²) in [6.45, 7) is 6.61. The molecule has 0 amide bonds. The monoisotopic (exact) mass is 272 g/mol. The second-order valence-electron chi connectivity index (χ2n) is 5.47. The maximum atomic E-state index is 6.19. The quantitative estimate of drug-likeness (QED) is 0.636. The van der Waals surface area contributed by atoms with Crippen molar-refractivity contribution in [2.45, 2.75) is 33.6 Å². The van der Waals surface area contributed by atoms with Crippen LogP contribution in [0.1, 0.15) is 31.4 Å². The van der Waals surface area contributed by atoms with Crippen molar-refractivity contribution in [3.63, 3.8) is 0 Å². The smallest absolute Gasteiger partial charge is 0.0294 e. The summed E-state index contributed by atoms with van der Waals surface area (Å²) in [5, 5.41) is 0. The number of hydrogen-bond acceptors (Lipinski definition) is 0. The Morgan fingerprint density at radius 1 is 1.12 bits per heavy atom. The van der Waals surface area contributed by atoms with E-state index in [0.29, 0.717) is 17.7 Å². The summed E-state index contributed by atoms with van der Waals surface area (Å²) in [6.07, 6.45) is 2.05. The second kappa shape index (κ2) is 6.66. The van der Waals surface area contributed by atoms with Crippen LogP contribution in [0.3, 0.4) is 0 Å². The highest BCUT2D eigenvalue weighted by Gasteiger charge is 2.30. The van der Waals surface area contributed by atoms with Crippen LogP contribution in [0.5, 0.6) is 0 Å². The molecule has 0 bridgehead atoms. The van der Waals surface area contributed by atoms with E-state index in [2.05, 4.69) is 45.0 Å². The average molecular weight is 273 g/mol. The number of hydrogen-bond donors (Lipinski definition) is 0. The zero-order valence-corrected chi connectivity index (χ0v) is 12.5. The van der Waals surface area contributed by atoms with Gasteiger partial charge in [-0.05, 0) is 36.8 Å². The van der Waals surface area contributed by atoms with Crippen LogP contribution in [0.4, 0.5) is 0 Å². The molecule has 0 aliphatic carbocycles. The third-order valence-corrected chi connectivity index (χ3v) is 4.37. The van der Waals surface area contributed by atoms with E-state index >= 15 is 0 Å². The van der Waals surface area contributed by atoms with Crippen molar-refractivity contribution in [2.24, 2.45) is 11.3 Å². The molecule has 0 radical (unpaired) electrons. The third-order valence-electron chi connectivity index (χ3n) is 3.23. The minimum Gasteiger partial charge on any atom is -0.126 e. The second-order valence-corrected chi connectivity index (χ2v) is 6.00. The SMILES string of the molecule is Cc1ccccc1CC(CCl)(CCl)CC(C)C. The van der Waals surface area contributed by atoms with Gasteiger partial charge in [0.15, 0.2) is 0 Å². The highest BCUT2D eigenvalue weighted by atomic mass is 35.5. The topological polar surface area (TPSA) is 0 Å². The molecule has 96 valence electrons. The zero-order valence-electron chi connectivity index (χ0n) is 11.0. The first-order valence-electron chi connectivity index (χ1n) is 6.19. The minimum absolute atomic E-state index is 0.0311. The molecule has 2 heteroatoms. The van der Waals surface area contributed by atoms with Crippen molar-refractivity contribution in [2.75, 3.05) is 11.8 Å². The van der Waals surface area contributed by atoms with Crippen molar-refractivity contribution >= 4 is 23.2 Å². The van der Waals surface area contributed by atoms with Gasteiger partial charge in [0, 0.05) is 17.2 Å². The maximum Gasteiger partial charge on any atom is 0.0294 e. The summed E-state index contributed by atoms with van der Waals surface area (Å²) in [5.41, 5.74) is 2.73. The molecule has 0 aliphatic heterocycles. The van der Waals surface area contributed by atoms with Crippen molar-refractivity contribution in [1.82, 2.24) is 0 Å². The lowest BCUT2D eigenvalue weighted by Gasteiger charge is -2.32. The Morgan fingerprint density at radius 3 is 2.18 bits per heavy atom. The lowest BCUT2D eigenvalue weighted by atomic mass is 9.78. The summed E-state index contributed by atoms with van der Waals surface area (Å²) in [5.74, 6) is 1.88. The van der Waals surface area contributed by atoms with E-state index < -0.39 is 0 Å². The number of rotatable bonds is 6. The molecule has 0 fully saturated rings. The molecule has 0 atom stereocenters. The van der Waals surface area contributed by atoms with Gasteiger partial charge in [0.1, 0.15) is 0 Å². The summed E-state index contributed by atoms with van der Waals surface area (Å²) < 4.78 is 0. The highest BCUT2D eigenvalue weighted by molar-refractivity contribution is 6.21. The van der Waals surface area contributed by atoms with Gasteiger partial charge < -0.3 is 0 Å². The number of aryl methyl sites for hydroxylation is 1. The lowest BCUT2D eigenvalue weighted by Crippen LogP contribution is -2.30. The van der Waals surface area contributed by atoms with Gasteiger partial charge in [0.2, 0.25) is 0 Å². The number of benzene rings is 1. The first-order chi connectivity index (χ1) is 8.03. The van der Waals surface area contributed by atoms with Crippen LogP contribution in [0.15, 0.2) is 24.3 Å². The van der Waals surface area contributed by atoms with Crippen LogP contribution in [0.25, 0.3) is 0 Å². The van der Waals surface area contributed by atoms with E-state index in [0.717, 1.165) is 12.8 Å². The van der Waals surface area contributed by atoms with E-state index in [1.165, 1.54) is 11.1 Å². The maximum absolute atomic E-state index is 6.19. The molecular weight excluding hydrogens is 251 g/mol. The van der Waals surface area contributed by atoms with Gasteiger partial charge in [-0.2, -0.15) is 0 Å². The van der Waals surface area contributed by atoms with Crippen molar-refractivity contribution < 1.29 is 0 Å². The van der Waals surface area contributed by atoms with E-state index in [4.69, 9.17) is 23.2 Å². The Kier molecular flexibility index (Phi) is 5.82. The molecule has 1 aromatic carbocycles. The Labute approximate surface area is 115 Å². The first kappa shape index (κ1) is 14.9. The van der Waals surface area contributed by atoms with E-state index in [-0.39, 0.29) is 5.41 Å². The Balaban J connectivity index is 2.90. The fraction of sp³-hybridized carbons (Fsp3) is 0.600. The van der Waals surface area contributed by atoms with Gasteiger partial charge in [-0.25, -0.2) is 0 Å². The van der Waals surface area contributed by atoms with Crippen LogP contribution >= 0.6 is 23.2 Å². The van der Waals surface area contributed by atoms with Crippen LogP contribution < -0.4 is 0 Å². The lowest BCUT2D eigenvalue weighted by molar-refractivity contribution is 0.295. The van der Waals surface area contributed by atoms with Gasteiger partial charge in [-0.1, -0.05) is 38.1 Å². The molecule has 0 unspecified atom stereocenters. The predicted molar refractivity (Wildman–Crippen MR) is 78.2 cm³/mol. The standard InChI is InChI=1S/C15H22Cl2/c1-12(2)8-15(10-16,11-17)9-14-7-5-4-6-13(14)3/h4-7,12H,8-11H2,1-3H3. The van der Waals surface area contributed by atoms with Crippen LogP contribution in [0, 0.1) is 18.3 Å². The molecule has 0 N–H and O–H groups in total. The van der Waals surface area contributed by atoms with E-state index in [9.17, 15) is 0 Å². The Bertz CT molecular complexity index is 341. The van der Waals surface area contributed by atoms with Crippen molar-refractivity contribution in [1.29, 1.82) is 0 Å². The largest absolute Gasteiger partial charge is 0.126 e. The Morgan fingerprint density at radius 2 is 1.71 bits per heavy atom. The molecule has 0 aromatic heterocycles.